The highest BCUT2D eigenvalue weighted by molar-refractivity contribution is 9.10. The number of hydrogen-bond acceptors (Lipinski definition) is 2. The molecule has 1 aromatic heterocycles. The second-order valence-corrected chi connectivity index (χ2v) is 6.72. The molecule has 1 heterocycles. The molecule has 94 valence electrons. The van der Waals surface area contributed by atoms with Crippen LogP contribution in [0.25, 0.3) is 0 Å². The molecule has 1 N–H and O–H groups in total. The zero-order valence-electron chi connectivity index (χ0n) is 10.4. The van der Waals surface area contributed by atoms with E-state index in [1.165, 1.54) is 38.9 Å². The monoisotopic (exact) mass is 321 g/mol. The lowest BCUT2D eigenvalue weighted by Crippen LogP contribution is -2.18. The number of benzene rings is 1. The second-order valence-electron chi connectivity index (χ2n) is 4.87. The maximum Gasteiger partial charge on any atom is 0.0329 e. The molecule has 0 bridgehead atoms. The first-order valence-electron chi connectivity index (χ1n) is 6.29. The number of fused-ring (bicyclic) bond motifs is 1. The van der Waals surface area contributed by atoms with Crippen molar-refractivity contribution in [1.82, 2.24) is 5.32 Å². The molecule has 1 nitrogen and oxygen atoms in total. The van der Waals surface area contributed by atoms with E-state index in [4.69, 9.17) is 0 Å². The maximum absolute atomic E-state index is 3.69. The van der Waals surface area contributed by atoms with Crippen LogP contribution in [0.5, 0.6) is 0 Å². The molecule has 2 aromatic rings. The third-order valence-electron chi connectivity index (χ3n) is 3.58. The molecule has 3 rings (SSSR count). The number of hydrogen-bond donors (Lipinski definition) is 1. The summed E-state index contributed by atoms with van der Waals surface area (Å²) in [6.07, 6.45) is 2.43. The summed E-state index contributed by atoms with van der Waals surface area (Å²) in [7, 11) is 0. The van der Waals surface area contributed by atoms with Gasteiger partial charge < -0.3 is 5.32 Å². The van der Waals surface area contributed by atoms with Crippen molar-refractivity contribution < 1.29 is 0 Å². The molecule has 0 radical (unpaired) electrons. The van der Waals surface area contributed by atoms with Gasteiger partial charge in [0.25, 0.3) is 0 Å². The average Bonchev–Trinajstić information content (AvgIpc) is 2.93. The molecule has 1 atom stereocenters. The Bertz CT molecular complexity index is 561. The van der Waals surface area contributed by atoms with Gasteiger partial charge >= 0.3 is 0 Å². The molecule has 0 fully saturated rings. The van der Waals surface area contributed by atoms with E-state index in [2.05, 4.69) is 57.8 Å². The van der Waals surface area contributed by atoms with Crippen LogP contribution in [0.2, 0.25) is 0 Å². The minimum Gasteiger partial charge on any atom is -0.305 e. The molecule has 18 heavy (non-hydrogen) atoms. The molecule has 0 aliphatic heterocycles. The molecule has 0 saturated carbocycles. The maximum atomic E-state index is 3.69. The lowest BCUT2D eigenvalue weighted by Gasteiger charge is -2.14. The predicted molar refractivity (Wildman–Crippen MR) is 81.1 cm³/mol. The van der Waals surface area contributed by atoms with Crippen molar-refractivity contribution in [2.45, 2.75) is 32.4 Å². The second kappa shape index (κ2) is 5.16. The first kappa shape index (κ1) is 12.4. The molecule has 1 unspecified atom stereocenters. The highest BCUT2D eigenvalue weighted by Crippen LogP contribution is 2.32. The molecule has 0 spiro atoms. The Morgan fingerprint density at radius 1 is 1.39 bits per heavy atom. The molecular formula is C15H16BrNS. The van der Waals surface area contributed by atoms with Crippen molar-refractivity contribution in [1.29, 1.82) is 0 Å². The van der Waals surface area contributed by atoms with Crippen molar-refractivity contribution in [3.63, 3.8) is 0 Å². The van der Waals surface area contributed by atoms with Gasteiger partial charge in [-0.15, -0.1) is 11.3 Å². The quantitative estimate of drug-likeness (QED) is 0.871. The van der Waals surface area contributed by atoms with E-state index in [0.29, 0.717) is 6.04 Å². The Morgan fingerprint density at radius 2 is 2.28 bits per heavy atom. The Labute approximate surface area is 120 Å². The highest BCUT2D eigenvalue weighted by Gasteiger charge is 2.22. The van der Waals surface area contributed by atoms with E-state index in [1.807, 2.05) is 11.3 Å². The summed E-state index contributed by atoms with van der Waals surface area (Å²) in [6, 6.07) is 9.48. The van der Waals surface area contributed by atoms with Gasteiger partial charge in [0.15, 0.2) is 0 Å². The van der Waals surface area contributed by atoms with Crippen molar-refractivity contribution in [2.75, 3.05) is 0 Å². The van der Waals surface area contributed by atoms with Gasteiger partial charge in [-0.2, -0.15) is 0 Å². The average molecular weight is 322 g/mol. The standard InChI is InChI=1S/C15H16BrNS/c1-10-2-3-11-4-5-14(12(11)8-10)17-9-15-13(16)6-7-18-15/h2-3,6-8,14,17H,4-5,9H2,1H3. The summed E-state index contributed by atoms with van der Waals surface area (Å²) in [5.74, 6) is 0. The molecule has 0 saturated heterocycles. The molecule has 1 aromatic carbocycles. The van der Waals surface area contributed by atoms with Gasteiger partial charge in [-0.3, -0.25) is 0 Å². The Morgan fingerprint density at radius 3 is 3.06 bits per heavy atom. The summed E-state index contributed by atoms with van der Waals surface area (Å²) < 4.78 is 1.22. The molecule has 3 heteroatoms. The van der Waals surface area contributed by atoms with Crippen LogP contribution < -0.4 is 5.32 Å². The van der Waals surface area contributed by atoms with Crippen molar-refractivity contribution >= 4 is 27.3 Å². The van der Waals surface area contributed by atoms with Crippen LogP contribution in [0.1, 0.15) is 34.0 Å². The zero-order valence-corrected chi connectivity index (χ0v) is 12.8. The lowest BCUT2D eigenvalue weighted by molar-refractivity contribution is 0.532. The van der Waals surface area contributed by atoms with E-state index in [9.17, 15) is 0 Å². The summed E-state index contributed by atoms with van der Waals surface area (Å²) in [4.78, 5) is 1.39. The molecule has 1 aliphatic carbocycles. The van der Waals surface area contributed by atoms with E-state index >= 15 is 0 Å². The number of nitrogens with one attached hydrogen (secondary N) is 1. The van der Waals surface area contributed by atoms with Crippen LogP contribution in [-0.4, -0.2) is 0 Å². The largest absolute Gasteiger partial charge is 0.305 e. The van der Waals surface area contributed by atoms with Gasteiger partial charge in [0.1, 0.15) is 0 Å². The lowest BCUT2D eigenvalue weighted by atomic mass is 10.1. The summed E-state index contributed by atoms with van der Waals surface area (Å²) in [6.45, 7) is 3.13. The van der Waals surface area contributed by atoms with Gasteiger partial charge in [-0.25, -0.2) is 0 Å². The first-order valence-corrected chi connectivity index (χ1v) is 7.96. The molecule has 1 aliphatic rings. The fourth-order valence-electron chi connectivity index (χ4n) is 2.60. The normalized spacial score (nSPS) is 18.0. The van der Waals surface area contributed by atoms with Gasteiger partial charge in [-0.1, -0.05) is 23.8 Å². The fraction of sp³-hybridized carbons (Fsp3) is 0.333. The van der Waals surface area contributed by atoms with Gasteiger partial charge in [0, 0.05) is 21.9 Å². The number of aryl methyl sites for hydroxylation is 2. The highest BCUT2D eigenvalue weighted by atomic mass is 79.9. The smallest absolute Gasteiger partial charge is 0.0329 e. The first-order chi connectivity index (χ1) is 8.74. The number of halogens is 1. The van der Waals surface area contributed by atoms with Crippen LogP contribution >= 0.6 is 27.3 Å². The van der Waals surface area contributed by atoms with Crippen molar-refractivity contribution in [3.05, 3.63) is 55.7 Å². The Balaban J connectivity index is 1.73. The predicted octanol–water partition coefficient (Wildman–Crippen LogP) is 4.60. The summed E-state index contributed by atoms with van der Waals surface area (Å²) in [5, 5.41) is 5.82. The van der Waals surface area contributed by atoms with E-state index in [-0.39, 0.29) is 0 Å². The number of rotatable bonds is 3. The van der Waals surface area contributed by atoms with E-state index < -0.39 is 0 Å². The topological polar surface area (TPSA) is 12.0 Å². The third-order valence-corrected chi connectivity index (χ3v) is 5.51. The van der Waals surface area contributed by atoms with Crippen molar-refractivity contribution in [3.8, 4) is 0 Å². The van der Waals surface area contributed by atoms with Gasteiger partial charge in [0.2, 0.25) is 0 Å². The van der Waals surface area contributed by atoms with Crippen LogP contribution in [0.4, 0.5) is 0 Å². The fourth-order valence-corrected chi connectivity index (χ4v) is 4.04. The van der Waals surface area contributed by atoms with Crippen LogP contribution in [-0.2, 0) is 13.0 Å². The number of thiophene rings is 1. The van der Waals surface area contributed by atoms with E-state index in [0.717, 1.165) is 6.54 Å². The molecule has 0 amide bonds. The van der Waals surface area contributed by atoms with E-state index in [1.54, 1.807) is 0 Å². The van der Waals surface area contributed by atoms with Crippen LogP contribution in [0.3, 0.4) is 0 Å². The SMILES string of the molecule is Cc1ccc2c(c1)C(NCc1sccc1Br)CC2. The Kier molecular flexibility index (Phi) is 3.55. The molecular weight excluding hydrogens is 306 g/mol. The summed E-state index contributed by atoms with van der Waals surface area (Å²) >= 11 is 5.40. The summed E-state index contributed by atoms with van der Waals surface area (Å²) in [5.41, 5.74) is 4.38. The minimum absolute atomic E-state index is 0.522. The van der Waals surface area contributed by atoms with Gasteiger partial charge in [0.05, 0.1) is 0 Å². The third kappa shape index (κ3) is 2.40. The van der Waals surface area contributed by atoms with Gasteiger partial charge in [-0.05, 0) is 58.3 Å². The minimum atomic E-state index is 0.522. The Hall–Kier alpha value is -0.640. The van der Waals surface area contributed by atoms with Crippen LogP contribution in [0, 0.1) is 6.92 Å². The van der Waals surface area contributed by atoms with Crippen LogP contribution in [0.15, 0.2) is 34.1 Å². The van der Waals surface area contributed by atoms with Crippen molar-refractivity contribution in [2.24, 2.45) is 0 Å². The zero-order chi connectivity index (χ0) is 12.5.